The largest absolute Gasteiger partial charge is 0.345 e. The van der Waals surface area contributed by atoms with Crippen molar-refractivity contribution in [3.8, 4) is 0 Å². The van der Waals surface area contributed by atoms with Crippen molar-refractivity contribution in [2.24, 2.45) is 0 Å². The van der Waals surface area contributed by atoms with Crippen LogP contribution >= 0.6 is 11.6 Å². The van der Waals surface area contributed by atoms with E-state index in [2.05, 4.69) is 16.3 Å². The maximum absolute atomic E-state index is 13.1. The summed E-state index contributed by atoms with van der Waals surface area (Å²) in [7, 11) is -1.80. The SMILES string of the molecule is CN1CCN(S(=O)(=O)c2cc(C(=O)N[C@@H]3CCCc4ccccc43)ccc2Cl)CC1. The summed E-state index contributed by atoms with van der Waals surface area (Å²) in [6.07, 6.45) is 2.88. The van der Waals surface area contributed by atoms with Crippen LogP contribution in [0.15, 0.2) is 47.4 Å². The number of hydrogen-bond donors (Lipinski definition) is 1. The Kier molecular flexibility index (Phi) is 6.16. The van der Waals surface area contributed by atoms with Crippen molar-refractivity contribution >= 4 is 27.5 Å². The third-order valence-electron chi connectivity index (χ3n) is 5.95. The van der Waals surface area contributed by atoms with Gasteiger partial charge in [0.2, 0.25) is 10.0 Å². The first-order valence-corrected chi connectivity index (χ1v) is 12.0. The first kappa shape index (κ1) is 21.3. The Labute approximate surface area is 182 Å². The Morgan fingerprint density at radius 2 is 1.83 bits per heavy atom. The number of nitrogens with zero attached hydrogens (tertiary/aromatic N) is 2. The molecule has 2 aromatic carbocycles. The van der Waals surface area contributed by atoms with E-state index in [9.17, 15) is 13.2 Å². The lowest BCUT2D eigenvalue weighted by Crippen LogP contribution is -2.47. The van der Waals surface area contributed by atoms with E-state index in [1.165, 1.54) is 22.0 Å². The Morgan fingerprint density at radius 1 is 1.10 bits per heavy atom. The van der Waals surface area contributed by atoms with Gasteiger partial charge < -0.3 is 10.2 Å². The van der Waals surface area contributed by atoms with E-state index < -0.39 is 10.0 Å². The summed E-state index contributed by atoms with van der Waals surface area (Å²) < 4.78 is 27.7. The summed E-state index contributed by atoms with van der Waals surface area (Å²) in [5.74, 6) is -0.289. The predicted octanol–water partition coefficient (Wildman–Crippen LogP) is 3.08. The summed E-state index contributed by atoms with van der Waals surface area (Å²) in [6.45, 7) is 2.14. The van der Waals surface area contributed by atoms with E-state index in [1.807, 2.05) is 25.2 Å². The topological polar surface area (TPSA) is 69.7 Å². The number of likely N-dealkylation sites (N-methyl/N-ethyl adjacent to an activating group) is 1. The van der Waals surface area contributed by atoms with Gasteiger partial charge in [0.15, 0.2) is 0 Å². The molecular weight excluding hydrogens is 422 g/mol. The van der Waals surface area contributed by atoms with Crippen LogP contribution in [0.5, 0.6) is 0 Å². The molecule has 4 rings (SSSR count). The molecule has 2 aromatic rings. The third-order valence-corrected chi connectivity index (χ3v) is 8.33. The molecule has 0 bridgehead atoms. The van der Waals surface area contributed by atoms with Crippen LogP contribution in [0.4, 0.5) is 0 Å². The Morgan fingerprint density at radius 3 is 2.60 bits per heavy atom. The molecule has 8 heteroatoms. The molecule has 2 aliphatic rings. The molecule has 1 amide bonds. The summed E-state index contributed by atoms with van der Waals surface area (Å²) >= 11 is 6.24. The number of halogens is 1. The fraction of sp³-hybridized carbons (Fsp3) is 0.409. The quantitative estimate of drug-likeness (QED) is 0.781. The zero-order chi connectivity index (χ0) is 21.3. The number of amides is 1. The molecule has 1 N–H and O–H groups in total. The third kappa shape index (κ3) is 4.25. The van der Waals surface area contributed by atoms with Gasteiger partial charge in [0.1, 0.15) is 4.90 Å². The first-order valence-electron chi connectivity index (χ1n) is 10.2. The van der Waals surface area contributed by atoms with Gasteiger partial charge in [0, 0.05) is 31.7 Å². The van der Waals surface area contributed by atoms with Gasteiger partial charge in [0.25, 0.3) is 5.91 Å². The van der Waals surface area contributed by atoms with E-state index >= 15 is 0 Å². The number of aryl methyl sites for hydroxylation is 1. The molecule has 0 radical (unpaired) electrons. The monoisotopic (exact) mass is 447 g/mol. The number of rotatable bonds is 4. The summed E-state index contributed by atoms with van der Waals surface area (Å²) in [6, 6.07) is 12.5. The highest BCUT2D eigenvalue weighted by atomic mass is 35.5. The van der Waals surface area contributed by atoms with Crippen LogP contribution in [0.2, 0.25) is 5.02 Å². The molecule has 0 saturated carbocycles. The minimum Gasteiger partial charge on any atom is -0.345 e. The van der Waals surface area contributed by atoms with Crippen LogP contribution in [0, 0.1) is 0 Å². The lowest BCUT2D eigenvalue weighted by Gasteiger charge is -2.31. The molecule has 0 unspecified atom stereocenters. The Balaban J connectivity index is 1.57. The van der Waals surface area contributed by atoms with Gasteiger partial charge in [-0.25, -0.2) is 8.42 Å². The number of carbonyl (C=O) groups is 1. The van der Waals surface area contributed by atoms with Crippen molar-refractivity contribution in [1.29, 1.82) is 0 Å². The number of fused-ring (bicyclic) bond motifs is 1. The zero-order valence-corrected chi connectivity index (χ0v) is 18.5. The van der Waals surface area contributed by atoms with Crippen LogP contribution in [-0.4, -0.2) is 56.8 Å². The molecule has 6 nitrogen and oxygen atoms in total. The number of piperazine rings is 1. The highest BCUT2D eigenvalue weighted by molar-refractivity contribution is 7.89. The molecule has 1 saturated heterocycles. The van der Waals surface area contributed by atoms with Crippen LogP contribution in [0.1, 0.15) is 40.4 Å². The lowest BCUT2D eigenvalue weighted by atomic mass is 9.87. The zero-order valence-electron chi connectivity index (χ0n) is 17.0. The number of carbonyl (C=O) groups excluding carboxylic acids is 1. The maximum Gasteiger partial charge on any atom is 0.251 e. The number of nitrogens with one attached hydrogen (secondary N) is 1. The number of benzene rings is 2. The normalized spacial score (nSPS) is 20.5. The summed E-state index contributed by atoms with van der Waals surface area (Å²) in [4.78, 5) is 15.0. The Hall–Kier alpha value is -1.93. The second-order valence-corrected chi connectivity index (χ2v) is 10.3. The van der Waals surface area contributed by atoms with Gasteiger partial charge in [-0.2, -0.15) is 4.31 Å². The van der Waals surface area contributed by atoms with E-state index in [1.54, 1.807) is 6.07 Å². The minimum atomic E-state index is -3.76. The molecule has 1 aliphatic heterocycles. The maximum atomic E-state index is 13.1. The van der Waals surface area contributed by atoms with Gasteiger partial charge in [-0.05, 0) is 55.6 Å². The summed E-state index contributed by atoms with van der Waals surface area (Å²) in [5, 5.41) is 3.21. The average molecular weight is 448 g/mol. The molecule has 1 fully saturated rings. The highest BCUT2D eigenvalue weighted by Gasteiger charge is 2.30. The van der Waals surface area contributed by atoms with Crippen LogP contribution in [0.25, 0.3) is 0 Å². The molecule has 1 heterocycles. The minimum absolute atomic E-state index is 0.00888. The summed E-state index contributed by atoms with van der Waals surface area (Å²) in [5.41, 5.74) is 2.69. The van der Waals surface area contributed by atoms with Crippen molar-refractivity contribution in [3.05, 3.63) is 64.2 Å². The fourth-order valence-electron chi connectivity index (χ4n) is 4.16. The molecule has 0 spiro atoms. The van der Waals surface area contributed by atoms with Crippen molar-refractivity contribution in [2.75, 3.05) is 33.2 Å². The molecule has 1 aliphatic carbocycles. The fourth-order valence-corrected chi connectivity index (χ4v) is 6.08. The van der Waals surface area contributed by atoms with Gasteiger partial charge in [-0.15, -0.1) is 0 Å². The second-order valence-electron chi connectivity index (χ2n) is 7.97. The van der Waals surface area contributed by atoms with Gasteiger partial charge in [-0.1, -0.05) is 35.9 Å². The molecule has 1 atom stereocenters. The van der Waals surface area contributed by atoms with Gasteiger partial charge in [-0.3, -0.25) is 4.79 Å². The van der Waals surface area contributed by atoms with Crippen molar-refractivity contribution in [1.82, 2.24) is 14.5 Å². The van der Waals surface area contributed by atoms with Crippen LogP contribution in [0.3, 0.4) is 0 Å². The van der Waals surface area contributed by atoms with E-state index in [-0.39, 0.29) is 21.9 Å². The van der Waals surface area contributed by atoms with Crippen molar-refractivity contribution in [2.45, 2.75) is 30.2 Å². The molecule has 160 valence electrons. The molecular formula is C22H26ClN3O3S. The number of hydrogen-bond acceptors (Lipinski definition) is 4. The smallest absolute Gasteiger partial charge is 0.251 e. The molecule has 30 heavy (non-hydrogen) atoms. The van der Waals surface area contributed by atoms with Crippen molar-refractivity contribution < 1.29 is 13.2 Å². The van der Waals surface area contributed by atoms with E-state index in [0.29, 0.717) is 31.7 Å². The predicted molar refractivity (Wildman–Crippen MR) is 117 cm³/mol. The standard InChI is InChI=1S/C22H26ClN3O3S/c1-25-11-13-26(14-12-25)30(28,29)21-15-17(9-10-19(21)23)22(27)24-20-8-4-6-16-5-2-3-7-18(16)20/h2-3,5,7,9-10,15,20H,4,6,8,11-14H2,1H3,(H,24,27)/t20-/m1/s1. The second kappa shape index (κ2) is 8.67. The van der Waals surface area contributed by atoms with E-state index in [0.717, 1.165) is 24.8 Å². The van der Waals surface area contributed by atoms with Crippen molar-refractivity contribution in [3.63, 3.8) is 0 Å². The van der Waals surface area contributed by atoms with Crippen LogP contribution in [-0.2, 0) is 16.4 Å². The Bertz CT molecular complexity index is 1050. The first-order chi connectivity index (χ1) is 14.4. The average Bonchev–Trinajstić information content (AvgIpc) is 2.74. The number of sulfonamides is 1. The highest BCUT2D eigenvalue weighted by Crippen LogP contribution is 2.31. The van der Waals surface area contributed by atoms with Gasteiger partial charge in [0.05, 0.1) is 11.1 Å². The van der Waals surface area contributed by atoms with E-state index in [4.69, 9.17) is 11.6 Å². The van der Waals surface area contributed by atoms with Crippen LogP contribution < -0.4 is 5.32 Å². The molecule has 0 aromatic heterocycles. The van der Waals surface area contributed by atoms with Gasteiger partial charge >= 0.3 is 0 Å². The lowest BCUT2D eigenvalue weighted by molar-refractivity contribution is 0.0932.